The van der Waals surface area contributed by atoms with Crippen molar-refractivity contribution < 1.29 is 0 Å². The highest BCUT2D eigenvalue weighted by Gasteiger charge is 2.08. The molecule has 0 bridgehead atoms. The second-order valence-corrected chi connectivity index (χ2v) is 6.45. The summed E-state index contributed by atoms with van der Waals surface area (Å²) in [5, 5.41) is 4.49. The van der Waals surface area contributed by atoms with Gasteiger partial charge < -0.3 is 5.32 Å². The molecular formula is C16H26ClNS. The van der Waals surface area contributed by atoms with Crippen LogP contribution < -0.4 is 5.32 Å². The minimum Gasteiger partial charge on any atom is -0.313 e. The van der Waals surface area contributed by atoms with E-state index in [1.165, 1.54) is 37.0 Å². The van der Waals surface area contributed by atoms with Crippen molar-refractivity contribution in [1.82, 2.24) is 5.32 Å². The molecule has 0 heterocycles. The summed E-state index contributed by atoms with van der Waals surface area (Å²) in [6.07, 6.45) is 6.44. The molecule has 1 aromatic carbocycles. The molecule has 0 spiro atoms. The number of rotatable bonds is 10. The number of halogens is 1. The normalized spacial score (nSPS) is 12.6. The van der Waals surface area contributed by atoms with Gasteiger partial charge in [0, 0.05) is 21.7 Å². The Hall–Kier alpha value is -0.180. The van der Waals surface area contributed by atoms with Crippen LogP contribution in [0.3, 0.4) is 0 Å². The fraction of sp³-hybridized carbons (Fsp3) is 0.625. The summed E-state index contributed by atoms with van der Waals surface area (Å²) in [5.41, 5.74) is 0. The zero-order valence-corrected chi connectivity index (χ0v) is 13.7. The molecule has 19 heavy (non-hydrogen) atoms. The van der Waals surface area contributed by atoms with E-state index in [-0.39, 0.29) is 0 Å². The molecule has 1 aromatic rings. The summed E-state index contributed by atoms with van der Waals surface area (Å²) in [6.45, 7) is 5.60. The summed E-state index contributed by atoms with van der Waals surface area (Å²) in [7, 11) is 0. The van der Waals surface area contributed by atoms with Gasteiger partial charge in [-0.2, -0.15) is 0 Å². The van der Waals surface area contributed by atoms with Crippen LogP contribution in [-0.2, 0) is 0 Å². The lowest BCUT2D eigenvalue weighted by atomic mass is 10.1. The zero-order valence-electron chi connectivity index (χ0n) is 12.1. The first-order valence-corrected chi connectivity index (χ1v) is 8.74. The number of benzene rings is 1. The maximum Gasteiger partial charge on any atom is 0.0417 e. The molecule has 1 unspecified atom stereocenters. The first-order chi connectivity index (χ1) is 9.26. The molecule has 0 aromatic heterocycles. The number of thioether (sulfide) groups is 1. The minimum absolute atomic E-state index is 0.621. The van der Waals surface area contributed by atoms with E-state index >= 15 is 0 Å². The molecular weight excluding hydrogens is 274 g/mol. The van der Waals surface area contributed by atoms with E-state index in [2.05, 4.69) is 31.3 Å². The Kier molecular flexibility index (Phi) is 9.40. The maximum atomic E-state index is 6.02. The van der Waals surface area contributed by atoms with Crippen molar-refractivity contribution in [2.45, 2.75) is 56.9 Å². The van der Waals surface area contributed by atoms with Crippen LogP contribution >= 0.6 is 23.4 Å². The van der Waals surface area contributed by atoms with Gasteiger partial charge in [0.05, 0.1) is 0 Å². The quantitative estimate of drug-likeness (QED) is 0.460. The Morgan fingerprint density at radius 1 is 1.21 bits per heavy atom. The largest absolute Gasteiger partial charge is 0.313 e. The summed E-state index contributed by atoms with van der Waals surface area (Å²) in [4.78, 5) is 1.27. The fourth-order valence-electron chi connectivity index (χ4n) is 1.99. The van der Waals surface area contributed by atoms with Gasteiger partial charge >= 0.3 is 0 Å². The summed E-state index contributed by atoms with van der Waals surface area (Å²) in [6, 6.07) is 8.76. The van der Waals surface area contributed by atoms with Gasteiger partial charge in [-0.25, -0.2) is 0 Å². The summed E-state index contributed by atoms with van der Waals surface area (Å²) >= 11 is 7.92. The van der Waals surface area contributed by atoms with Crippen molar-refractivity contribution in [2.24, 2.45) is 0 Å². The highest BCUT2D eigenvalue weighted by Crippen LogP contribution is 2.23. The van der Waals surface area contributed by atoms with Crippen LogP contribution in [0, 0.1) is 0 Å². The van der Waals surface area contributed by atoms with Crippen LogP contribution in [0.15, 0.2) is 29.2 Å². The third-order valence-corrected chi connectivity index (χ3v) is 4.48. The summed E-state index contributed by atoms with van der Waals surface area (Å²) in [5.74, 6) is 1.13. The lowest BCUT2D eigenvalue weighted by Crippen LogP contribution is -2.31. The fourth-order valence-corrected chi connectivity index (χ4v) is 3.31. The van der Waals surface area contributed by atoms with Crippen LogP contribution in [0.1, 0.15) is 46.0 Å². The first kappa shape index (κ1) is 16.9. The van der Waals surface area contributed by atoms with Gasteiger partial charge in [-0.05, 0) is 37.6 Å². The van der Waals surface area contributed by atoms with Gasteiger partial charge in [-0.1, -0.05) is 50.8 Å². The van der Waals surface area contributed by atoms with Crippen molar-refractivity contribution >= 4 is 23.4 Å². The Labute approximate surface area is 127 Å². The smallest absolute Gasteiger partial charge is 0.0417 e. The van der Waals surface area contributed by atoms with E-state index in [0.29, 0.717) is 6.04 Å². The monoisotopic (exact) mass is 299 g/mol. The number of hydrogen-bond donors (Lipinski definition) is 1. The molecule has 1 rings (SSSR count). The van der Waals surface area contributed by atoms with Crippen molar-refractivity contribution in [1.29, 1.82) is 0 Å². The van der Waals surface area contributed by atoms with Gasteiger partial charge in [-0.3, -0.25) is 0 Å². The Morgan fingerprint density at radius 3 is 2.74 bits per heavy atom. The van der Waals surface area contributed by atoms with E-state index in [0.717, 1.165) is 17.3 Å². The topological polar surface area (TPSA) is 12.0 Å². The van der Waals surface area contributed by atoms with Crippen molar-refractivity contribution in [3.8, 4) is 0 Å². The molecule has 0 aliphatic rings. The third kappa shape index (κ3) is 7.86. The average molecular weight is 300 g/mol. The van der Waals surface area contributed by atoms with Crippen LogP contribution in [0.2, 0.25) is 5.02 Å². The summed E-state index contributed by atoms with van der Waals surface area (Å²) < 4.78 is 0. The lowest BCUT2D eigenvalue weighted by molar-refractivity contribution is 0.493. The third-order valence-electron chi connectivity index (χ3n) is 3.09. The molecule has 1 N–H and O–H groups in total. The number of unbranched alkanes of at least 4 members (excludes halogenated alkanes) is 2. The standard InChI is InChI=1S/C16H26ClNS/c1-3-5-6-9-15(18-11-4-2)13-19-16-10-7-8-14(17)12-16/h7-8,10,12,15,18H,3-6,9,11,13H2,1-2H3. The molecule has 0 aliphatic carbocycles. The number of hydrogen-bond acceptors (Lipinski definition) is 2. The second-order valence-electron chi connectivity index (χ2n) is 4.92. The SMILES string of the molecule is CCCCCC(CSc1cccc(Cl)c1)NCCC. The molecule has 108 valence electrons. The van der Waals surface area contributed by atoms with Crippen molar-refractivity contribution in [3.63, 3.8) is 0 Å². The first-order valence-electron chi connectivity index (χ1n) is 7.38. The minimum atomic E-state index is 0.621. The molecule has 0 saturated carbocycles. The zero-order chi connectivity index (χ0) is 13.9. The Morgan fingerprint density at radius 2 is 2.05 bits per heavy atom. The van der Waals surface area contributed by atoms with Gasteiger partial charge in [0.1, 0.15) is 0 Å². The van der Waals surface area contributed by atoms with Crippen LogP contribution in [0.5, 0.6) is 0 Å². The molecule has 0 saturated heterocycles. The van der Waals surface area contributed by atoms with Gasteiger partial charge in [0.15, 0.2) is 0 Å². The molecule has 1 nitrogen and oxygen atoms in total. The van der Waals surface area contributed by atoms with E-state index in [9.17, 15) is 0 Å². The van der Waals surface area contributed by atoms with E-state index in [1.807, 2.05) is 23.9 Å². The molecule has 1 atom stereocenters. The van der Waals surface area contributed by atoms with E-state index < -0.39 is 0 Å². The van der Waals surface area contributed by atoms with E-state index in [4.69, 9.17) is 11.6 Å². The highest BCUT2D eigenvalue weighted by atomic mass is 35.5. The molecule has 0 radical (unpaired) electrons. The van der Waals surface area contributed by atoms with Crippen LogP contribution in [0.25, 0.3) is 0 Å². The molecule has 0 fully saturated rings. The Bertz CT molecular complexity index is 343. The highest BCUT2D eigenvalue weighted by molar-refractivity contribution is 7.99. The van der Waals surface area contributed by atoms with Crippen LogP contribution in [-0.4, -0.2) is 18.3 Å². The van der Waals surface area contributed by atoms with Gasteiger partial charge in [0.25, 0.3) is 0 Å². The molecule has 3 heteroatoms. The molecule has 0 aliphatic heterocycles. The average Bonchev–Trinajstić information content (AvgIpc) is 2.41. The predicted molar refractivity (Wildman–Crippen MR) is 88.4 cm³/mol. The van der Waals surface area contributed by atoms with Crippen molar-refractivity contribution in [2.75, 3.05) is 12.3 Å². The number of nitrogens with one attached hydrogen (secondary N) is 1. The van der Waals surface area contributed by atoms with Gasteiger partial charge in [0.2, 0.25) is 0 Å². The molecule has 0 amide bonds. The van der Waals surface area contributed by atoms with Gasteiger partial charge in [-0.15, -0.1) is 11.8 Å². The van der Waals surface area contributed by atoms with E-state index in [1.54, 1.807) is 0 Å². The van der Waals surface area contributed by atoms with Crippen LogP contribution in [0.4, 0.5) is 0 Å². The second kappa shape index (κ2) is 10.6. The predicted octanol–water partition coefficient (Wildman–Crippen LogP) is 5.38. The van der Waals surface area contributed by atoms with Crippen molar-refractivity contribution in [3.05, 3.63) is 29.3 Å². The Balaban J connectivity index is 2.37. The maximum absolute atomic E-state index is 6.02. The lowest BCUT2D eigenvalue weighted by Gasteiger charge is -2.18.